The summed E-state index contributed by atoms with van der Waals surface area (Å²) in [6.45, 7) is 0.727. The minimum absolute atomic E-state index is 0.664. The lowest BCUT2D eigenvalue weighted by atomic mass is 10.2. The van der Waals surface area contributed by atoms with Crippen molar-refractivity contribution in [1.29, 1.82) is 0 Å². The van der Waals surface area contributed by atoms with Gasteiger partial charge in [0.2, 0.25) is 0 Å². The van der Waals surface area contributed by atoms with Crippen molar-refractivity contribution in [2.45, 2.75) is 25.7 Å². The third-order valence-corrected chi connectivity index (χ3v) is 2.85. The average molecular weight is 285 g/mol. The molecular weight excluding hydrogens is 268 g/mol. The standard InChI is InChI=1S/C13H17BrO2/c14-8-3-1-2-4-9-16-13-7-5-6-12(10-13)11-15/h5-7,10-11H,1-4,8-9H2. The molecule has 0 aliphatic carbocycles. The summed E-state index contributed by atoms with van der Waals surface area (Å²) < 4.78 is 5.56. The Bertz CT molecular complexity index is 313. The first-order chi connectivity index (χ1) is 7.86. The summed E-state index contributed by atoms with van der Waals surface area (Å²) in [4.78, 5) is 10.5. The number of carbonyl (C=O) groups is 1. The molecule has 2 nitrogen and oxygen atoms in total. The number of hydrogen-bond acceptors (Lipinski definition) is 2. The number of carbonyl (C=O) groups excluding carboxylic acids is 1. The van der Waals surface area contributed by atoms with Gasteiger partial charge >= 0.3 is 0 Å². The summed E-state index contributed by atoms with van der Waals surface area (Å²) >= 11 is 3.41. The van der Waals surface area contributed by atoms with Gasteiger partial charge in [-0.3, -0.25) is 4.79 Å². The number of aldehydes is 1. The van der Waals surface area contributed by atoms with Crippen LogP contribution in [0.3, 0.4) is 0 Å². The molecule has 0 radical (unpaired) electrons. The highest BCUT2D eigenvalue weighted by molar-refractivity contribution is 9.09. The van der Waals surface area contributed by atoms with Crippen LogP contribution in [0.4, 0.5) is 0 Å². The molecule has 0 atom stereocenters. The summed E-state index contributed by atoms with van der Waals surface area (Å²) in [7, 11) is 0. The average Bonchev–Trinajstić information content (AvgIpc) is 2.34. The maximum atomic E-state index is 10.5. The van der Waals surface area contributed by atoms with E-state index in [9.17, 15) is 4.79 Å². The number of rotatable bonds is 8. The van der Waals surface area contributed by atoms with E-state index >= 15 is 0 Å². The summed E-state index contributed by atoms with van der Waals surface area (Å²) in [6, 6.07) is 7.26. The van der Waals surface area contributed by atoms with Crippen LogP contribution in [0.5, 0.6) is 5.75 Å². The van der Waals surface area contributed by atoms with Crippen molar-refractivity contribution in [3.8, 4) is 5.75 Å². The number of hydrogen-bond donors (Lipinski definition) is 0. The van der Waals surface area contributed by atoms with E-state index in [1.807, 2.05) is 12.1 Å². The lowest BCUT2D eigenvalue weighted by Crippen LogP contribution is -1.97. The van der Waals surface area contributed by atoms with Crippen molar-refractivity contribution in [3.05, 3.63) is 29.8 Å². The van der Waals surface area contributed by atoms with Gasteiger partial charge < -0.3 is 4.74 Å². The second-order valence-electron chi connectivity index (χ2n) is 3.64. The van der Waals surface area contributed by atoms with Gasteiger partial charge in [-0.05, 0) is 25.0 Å². The molecule has 16 heavy (non-hydrogen) atoms. The molecule has 0 fully saturated rings. The molecule has 0 aromatic heterocycles. The van der Waals surface area contributed by atoms with Crippen molar-refractivity contribution in [3.63, 3.8) is 0 Å². The SMILES string of the molecule is O=Cc1cccc(OCCCCCCBr)c1. The van der Waals surface area contributed by atoms with Crippen LogP contribution in [0.25, 0.3) is 0 Å². The highest BCUT2D eigenvalue weighted by Gasteiger charge is 1.96. The molecule has 0 spiro atoms. The van der Waals surface area contributed by atoms with Crippen molar-refractivity contribution < 1.29 is 9.53 Å². The molecule has 1 aromatic carbocycles. The van der Waals surface area contributed by atoms with Crippen molar-refractivity contribution in [2.75, 3.05) is 11.9 Å². The Balaban J connectivity index is 2.18. The quantitative estimate of drug-likeness (QED) is 0.412. The van der Waals surface area contributed by atoms with Crippen LogP contribution in [-0.4, -0.2) is 18.2 Å². The van der Waals surface area contributed by atoms with Gasteiger partial charge in [-0.25, -0.2) is 0 Å². The third kappa shape index (κ3) is 5.31. The topological polar surface area (TPSA) is 26.3 Å². The number of alkyl halides is 1. The molecule has 0 bridgehead atoms. The highest BCUT2D eigenvalue weighted by Crippen LogP contribution is 2.12. The fourth-order valence-electron chi connectivity index (χ4n) is 1.42. The summed E-state index contributed by atoms with van der Waals surface area (Å²) in [5.74, 6) is 0.782. The Morgan fingerprint density at radius 2 is 2.00 bits per heavy atom. The maximum absolute atomic E-state index is 10.5. The van der Waals surface area contributed by atoms with E-state index in [0.717, 1.165) is 30.4 Å². The van der Waals surface area contributed by atoms with Gasteiger partial charge in [-0.2, -0.15) is 0 Å². The van der Waals surface area contributed by atoms with Crippen molar-refractivity contribution in [1.82, 2.24) is 0 Å². The Morgan fingerprint density at radius 3 is 2.75 bits per heavy atom. The zero-order chi connectivity index (χ0) is 11.6. The number of unbranched alkanes of at least 4 members (excludes halogenated alkanes) is 3. The summed E-state index contributed by atoms with van der Waals surface area (Å²) in [5, 5.41) is 1.08. The van der Waals surface area contributed by atoms with E-state index in [1.165, 1.54) is 19.3 Å². The molecule has 88 valence electrons. The van der Waals surface area contributed by atoms with E-state index in [4.69, 9.17) is 4.74 Å². The molecule has 1 aromatic rings. The maximum Gasteiger partial charge on any atom is 0.150 e. The largest absolute Gasteiger partial charge is 0.494 e. The van der Waals surface area contributed by atoms with Crippen LogP contribution < -0.4 is 4.74 Å². The van der Waals surface area contributed by atoms with Crippen LogP contribution >= 0.6 is 15.9 Å². The molecule has 0 N–H and O–H groups in total. The highest BCUT2D eigenvalue weighted by atomic mass is 79.9. The number of ether oxygens (including phenoxy) is 1. The molecular formula is C13H17BrO2. The molecule has 0 saturated carbocycles. The molecule has 0 amide bonds. The van der Waals surface area contributed by atoms with Gasteiger partial charge in [0.05, 0.1) is 6.61 Å². The van der Waals surface area contributed by atoms with Crippen molar-refractivity contribution in [2.24, 2.45) is 0 Å². The monoisotopic (exact) mass is 284 g/mol. The smallest absolute Gasteiger partial charge is 0.150 e. The van der Waals surface area contributed by atoms with Crippen LogP contribution in [0.2, 0.25) is 0 Å². The first-order valence-corrected chi connectivity index (χ1v) is 6.73. The normalized spacial score (nSPS) is 10.1. The summed E-state index contributed by atoms with van der Waals surface area (Å²) in [5.41, 5.74) is 0.664. The van der Waals surface area contributed by atoms with Crippen LogP contribution in [0, 0.1) is 0 Å². The first kappa shape index (κ1) is 13.2. The van der Waals surface area contributed by atoms with E-state index in [-0.39, 0.29) is 0 Å². The molecule has 0 aliphatic rings. The van der Waals surface area contributed by atoms with E-state index in [0.29, 0.717) is 5.56 Å². The van der Waals surface area contributed by atoms with E-state index < -0.39 is 0 Å². The van der Waals surface area contributed by atoms with Gasteiger partial charge in [0, 0.05) is 10.9 Å². The second-order valence-corrected chi connectivity index (χ2v) is 4.43. The zero-order valence-electron chi connectivity index (χ0n) is 9.32. The minimum Gasteiger partial charge on any atom is -0.494 e. The van der Waals surface area contributed by atoms with Gasteiger partial charge in [0.15, 0.2) is 0 Å². The minimum atomic E-state index is 0.664. The zero-order valence-corrected chi connectivity index (χ0v) is 10.9. The van der Waals surface area contributed by atoms with E-state index in [1.54, 1.807) is 12.1 Å². The number of halogens is 1. The van der Waals surface area contributed by atoms with Gasteiger partial charge in [-0.15, -0.1) is 0 Å². The number of benzene rings is 1. The van der Waals surface area contributed by atoms with Crippen LogP contribution in [0.1, 0.15) is 36.0 Å². The van der Waals surface area contributed by atoms with Gasteiger partial charge in [0.25, 0.3) is 0 Å². The predicted molar refractivity (Wildman–Crippen MR) is 69.6 cm³/mol. The summed E-state index contributed by atoms with van der Waals surface area (Å²) in [6.07, 6.45) is 5.56. The molecule has 0 aliphatic heterocycles. The lowest BCUT2D eigenvalue weighted by Gasteiger charge is -2.06. The lowest BCUT2D eigenvalue weighted by molar-refractivity contribution is 0.112. The van der Waals surface area contributed by atoms with Gasteiger partial charge in [-0.1, -0.05) is 40.9 Å². The molecule has 1 rings (SSSR count). The Labute approximate surface area is 105 Å². The Hall–Kier alpha value is -0.830. The molecule has 0 heterocycles. The second kappa shape index (κ2) is 8.34. The fourth-order valence-corrected chi connectivity index (χ4v) is 1.81. The molecule has 0 unspecified atom stereocenters. The Morgan fingerprint density at radius 1 is 1.19 bits per heavy atom. The Kier molecular flexibility index (Phi) is 6.90. The predicted octanol–water partition coefficient (Wildman–Crippen LogP) is 3.83. The van der Waals surface area contributed by atoms with Crippen molar-refractivity contribution >= 4 is 22.2 Å². The fraction of sp³-hybridized carbons (Fsp3) is 0.462. The molecule has 0 saturated heterocycles. The van der Waals surface area contributed by atoms with Crippen LogP contribution in [0.15, 0.2) is 24.3 Å². The van der Waals surface area contributed by atoms with Crippen LogP contribution in [-0.2, 0) is 0 Å². The molecule has 3 heteroatoms. The van der Waals surface area contributed by atoms with Gasteiger partial charge in [0.1, 0.15) is 12.0 Å². The first-order valence-electron chi connectivity index (χ1n) is 5.61. The third-order valence-electron chi connectivity index (χ3n) is 2.29. The van der Waals surface area contributed by atoms with E-state index in [2.05, 4.69) is 15.9 Å².